The van der Waals surface area contributed by atoms with Crippen LogP contribution in [0.4, 0.5) is 0 Å². The Labute approximate surface area is 736 Å². The first-order chi connectivity index (χ1) is 64.3. The SMILES string of the molecule is c1ccc2c(c1)c1ccccc1n2-c1ccc2c(c1)oc1cc(-c3ccc4c(c3)oc3cc(-c5ccc6c(c5)oc5cc(-c7ccc8c(c7)oc7cc(-c9ccc%10c(c9)oc9cc(-c%11ccc%12c(c%11)oc%11cc(-c%13ccc%14c(c%13)oc%13cc(-c%15ccc%16c(c%15)oc%15cc(-n%17c%18ccccc%18c%18ccccc%18%17)ccc%15%16)ccc%13%14)ccc%11%12)ccc9%10)ccc78)ccc56)ccc34)ccc12. The minimum Gasteiger partial charge on any atom is -0.456 e. The van der Waals surface area contributed by atoms with E-state index in [2.05, 4.69) is 397 Å². The van der Waals surface area contributed by atoms with Gasteiger partial charge in [0, 0.05) is 131 Å². The van der Waals surface area contributed by atoms with Crippen LogP contribution >= 0.6 is 0 Å². The highest BCUT2D eigenvalue weighted by Crippen LogP contribution is 2.47. The molecular formula is C120H64N2O8. The number of furan rings is 8. The number of hydrogen-bond donors (Lipinski definition) is 0. The summed E-state index contributed by atoms with van der Waals surface area (Å²) in [5, 5.41) is 22.0. The van der Waals surface area contributed by atoms with Crippen LogP contribution < -0.4 is 0 Å². The molecule has 602 valence electrons. The topological polar surface area (TPSA) is 115 Å². The Morgan fingerprint density at radius 2 is 0.231 bits per heavy atom. The van der Waals surface area contributed by atoms with Crippen molar-refractivity contribution in [3.63, 3.8) is 0 Å². The summed E-state index contributed by atoms with van der Waals surface area (Å²) in [6.07, 6.45) is 0. The summed E-state index contributed by atoms with van der Waals surface area (Å²) in [4.78, 5) is 0. The van der Waals surface area contributed by atoms with Crippen molar-refractivity contribution in [2.75, 3.05) is 0 Å². The van der Waals surface area contributed by atoms with Gasteiger partial charge in [-0.2, -0.15) is 0 Å². The third-order valence-corrected chi connectivity index (χ3v) is 27.8. The van der Waals surface area contributed by atoms with Crippen LogP contribution in [0.2, 0.25) is 0 Å². The molecule has 0 amide bonds. The van der Waals surface area contributed by atoms with Crippen molar-refractivity contribution >= 4 is 219 Å². The summed E-state index contributed by atoms with van der Waals surface area (Å²) >= 11 is 0. The first kappa shape index (κ1) is 69.8. The first-order valence-corrected chi connectivity index (χ1v) is 44.0. The number of hydrogen-bond acceptors (Lipinski definition) is 8. The van der Waals surface area contributed by atoms with E-state index in [9.17, 15) is 0 Å². The lowest BCUT2D eigenvalue weighted by Gasteiger charge is -2.07. The van der Waals surface area contributed by atoms with E-state index in [1.807, 2.05) is 0 Å². The van der Waals surface area contributed by atoms with E-state index >= 15 is 0 Å². The smallest absolute Gasteiger partial charge is 0.137 e. The number of rotatable bonds is 9. The Balaban J connectivity index is 0.392. The molecular weight excluding hydrogens is 1600 g/mol. The van der Waals surface area contributed by atoms with E-state index < -0.39 is 0 Å². The lowest BCUT2D eigenvalue weighted by molar-refractivity contribution is 0.667. The molecule has 0 unspecified atom stereocenters. The van der Waals surface area contributed by atoms with Gasteiger partial charge in [0.15, 0.2) is 0 Å². The second-order valence-electron chi connectivity index (χ2n) is 34.9. The molecule has 10 heterocycles. The Hall–Kier alpha value is -17.6. The molecule has 0 atom stereocenters. The molecule has 30 rings (SSSR count). The van der Waals surface area contributed by atoms with Gasteiger partial charge in [-0.05, 0) is 296 Å². The molecule has 0 aliphatic rings. The van der Waals surface area contributed by atoms with Crippen LogP contribution in [0.3, 0.4) is 0 Å². The van der Waals surface area contributed by atoms with Crippen molar-refractivity contribution in [2.24, 2.45) is 0 Å². The highest BCUT2D eigenvalue weighted by molar-refractivity contribution is 6.18. The van der Waals surface area contributed by atoms with Gasteiger partial charge in [-0.15, -0.1) is 0 Å². The zero-order valence-electron chi connectivity index (χ0n) is 69.1. The zero-order valence-corrected chi connectivity index (χ0v) is 69.1. The van der Waals surface area contributed by atoms with Gasteiger partial charge in [-0.1, -0.05) is 158 Å². The van der Waals surface area contributed by atoms with Crippen LogP contribution in [0, 0.1) is 0 Å². The van der Waals surface area contributed by atoms with Crippen molar-refractivity contribution in [1.29, 1.82) is 0 Å². The average Bonchev–Trinajstić information content (AvgIpc) is 1.58. The first-order valence-electron chi connectivity index (χ1n) is 44.0. The molecule has 30 aromatic rings. The Morgan fingerprint density at radius 3 is 0.377 bits per heavy atom. The maximum atomic E-state index is 6.74. The molecule has 0 spiro atoms. The molecule has 0 bridgehead atoms. The molecule has 130 heavy (non-hydrogen) atoms. The van der Waals surface area contributed by atoms with Crippen molar-refractivity contribution in [2.45, 2.75) is 0 Å². The van der Waals surface area contributed by atoms with Gasteiger partial charge in [0.2, 0.25) is 0 Å². The van der Waals surface area contributed by atoms with Crippen molar-refractivity contribution in [3.05, 3.63) is 388 Å². The number of aromatic nitrogens is 2. The van der Waals surface area contributed by atoms with E-state index in [0.29, 0.717) is 0 Å². The monoisotopic (exact) mass is 1660 g/mol. The normalized spacial score (nSPS) is 12.5. The zero-order chi connectivity index (χ0) is 84.4. The maximum absolute atomic E-state index is 6.74. The second-order valence-corrected chi connectivity index (χ2v) is 34.9. The van der Waals surface area contributed by atoms with Gasteiger partial charge in [0.05, 0.1) is 22.1 Å². The van der Waals surface area contributed by atoms with E-state index in [1.165, 1.54) is 43.6 Å². The highest BCUT2D eigenvalue weighted by Gasteiger charge is 2.24. The van der Waals surface area contributed by atoms with Crippen molar-refractivity contribution < 1.29 is 35.3 Å². The number of nitrogens with zero attached hydrogens (tertiary/aromatic N) is 2. The standard InChI is InChI=1S/C120H64N2O8/c1-5-13-101-81(9-1)82-10-2-6-14-102(82)121(101)79-31-47-99-97-45-29-77(61-117(97)129-119(99)63-79)75-27-43-95-93-41-25-73(57-113(93)127-115(95)59-75)71-23-39-91-89-37-21-69(53-109(89)125-111(91)55-71)67-19-35-87-85-33-17-65(49-105(85)123-107(87)51-67)66-18-34-86-88-36-20-68(52-108(88)124-106(86)50-66)70-22-38-90-92-40-24-72(56-112(92)126-110(90)54-70)74-26-42-94-96-44-28-76(60-116(96)128-114(94)58-74)78-30-46-98-100-48-32-80(64-120(100)130-118(98)62-78)122-103-15-7-3-11-83(103)84-12-4-8-16-104(84)122/h1-64H. The molecule has 20 aromatic carbocycles. The molecule has 0 aliphatic heterocycles. The summed E-state index contributed by atoms with van der Waals surface area (Å²) in [7, 11) is 0. The fraction of sp³-hybridized carbons (Fsp3) is 0. The number of benzene rings is 20. The van der Waals surface area contributed by atoms with Crippen LogP contribution in [-0.4, -0.2) is 9.13 Å². The fourth-order valence-corrected chi connectivity index (χ4v) is 21.4. The van der Waals surface area contributed by atoms with Gasteiger partial charge in [0.25, 0.3) is 0 Å². The Kier molecular flexibility index (Phi) is 14.0. The lowest BCUT2D eigenvalue weighted by atomic mass is 9.99. The quantitative estimate of drug-likeness (QED) is 0.140. The highest BCUT2D eigenvalue weighted by atomic mass is 16.4. The molecule has 0 aliphatic carbocycles. The van der Waals surface area contributed by atoms with Gasteiger partial charge in [0.1, 0.15) is 89.3 Å². The largest absolute Gasteiger partial charge is 0.456 e. The minimum absolute atomic E-state index is 0.817. The Morgan fingerprint density at radius 1 is 0.108 bits per heavy atom. The molecule has 0 N–H and O–H groups in total. The summed E-state index contributed by atoms with van der Waals surface area (Å²) < 4.78 is 58.3. The summed E-state index contributed by atoms with van der Waals surface area (Å²) in [6.45, 7) is 0. The van der Waals surface area contributed by atoms with Crippen molar-refractivity contribution in [1.82, 2.24) is 9.13 Å². The predicted octanol–water partition coefficient (Wildman–Crippen LogP) is 34.7. The van der Waals surface area contributed by atoms with Crippen LogP contribution in [-0.2, 0) is 0 Å². The molecule has 0 saturated carbocycles. The van der Waals surface area contributed by atoms with Crippen LogP contribution in [0.25, 0.3) is 308 Å². The minimum atomic E-state index is 0.817. The van der Waals surface area contributed by atoms with Gasteiger partial charge >= 0.3 is 0 Å². The molecule has 0 saturated heterocycles. The number of fused-ring (bicyclic) bond motifs is 30. The molecule has 10 aromatic heterocycles. The number of para-hydroxylation sites is 4. The maximum Gasteiger partial charge on any atom is 0.137 e. The van der Waals surface area contributed by atoms with Gasteiger partial charge in [-0.25, -0.2) is 0 Å². The summed E-state index contributed by atoms with van der Waals surface area (Å²) in [6, 6.07) is 138. The van der Waals surface area contributed by atoms with Crippen molar-refractivity contribution in [3.8, 4) is 89.3 Å². The predicted molar refractivity (Wildman–Crippen MR) is 531 cm³/mol. The van der Waals surface area contributed by atoms with Gasteiger partial charge in [-0.3, -0.25) is 0 Å². The van der Waals surface area contributed by atoms with E-state index in [1.54, 1.807) is 0 Å². The van der Waals surface area contributed by atoms with Crippen LogP contribution in [0.15, 0.2) is 424 Å². The second kappa shape index (κ2) is 26.0. The molecule has 10 nitrogen and oxygen atoms in total. The van der Waals surface area contributed by atoms with E-state index in [-0.39, 0.29) is 0 Å². The van der Waals surface area contributed by atoms with Crippen LogP contribution in [0.1, 0.15) is 0 Å². The lowest BCUT2D eigenvalue weighted by Crippen LogP contribution is -1.93. The fourth-order valence-electron chi connectivity index (χ4n) is 21.4. The Bertz CT molecular complexity index is 9570. The molecule has 0 radical (unpaired) electrons. The molecule has 10 heteroatoms. The third kappa shape index (κ3) is 10.3. The third-order valence-electron chi connectivity index (χ3n) is 27.8. The van der Waals surface area contributed by atoms with E-state index in [0.717, 1.165) is 265 Å². The summed E-state index contributed by atoms with van der Waals surface area (Å²) in [5.41, 5.74) is 34.7. The van der Waals surface area contributed by atoms with Crippen LogP contribution in [0.5, 0.6) is 0 Å². The summed E-state index contributed by atoms with van der Waals surface area (Å²) in [5.74, 6) is 0. The molecule has 0 fully saturated rings. The average molecular weight is 1660 g/mol. The van der Waals surface area contributed by atoms with Gasteiger partial charge < -0.3 is 44.5 Å². The van der Waals surface area contributed by atoms with E-state index in [4.69, 9.17) is 35.3 Å².